The molecule has 0 spiro atoms. The van der Waals surface area contributed by atoms with Crippen molar-refractivity contribution >= 4 is 51.8 Å². The Hall–Kier alpha value is -3.92. The van der Waals surface area contributed by atoms with Crippen LogP contribution in [0.3, 0.4) is 0 Å². The van der Waals surface area contributed by atoms with Crippen LogP contribution in [0.2, 0.25) is 0 Å². The van der Waals surface area contributed by atoms with Crippen LogP contribution in [0.5, 0.6) is 0 Å². The molecule has 0 bridgehead atoms. The first-order valence-electron chi connectivity index (χ1n) is 12.8. The summed E-state index contributed by atoms with van der Waals surface area (Å²) in [6, 6.07) is 11.2. The Bertz CT molecular complexity index is 1740. The number of thiocarbonyl (C=S) groups is 1. The number of nitrogens with zero attached hydrogens (tertiary/aromatic N) is 7. The largest absolute Gasteiger partial charge is 0.355 e. The molecule has 0 N–H and O–H groups in total. The van der Waals surface area contributed by atoms with Gasteiger partial charge in [-0.25, -0.2) is 4.68 Å². The molecule has 4 heterocycles. The molecule has 5 rings (SSSR count). The summed E-state index contributed by atoms with van der Waals surface area (Å²) in [6.07, 6.45) is 1.70. The number of anilines is 2. The number of nitriles is 1. The van der Waals surface area contributed by atoms with Crippen molar-refractivity contribution in [3.63, 3.8) is 0 Å². The number of benzene rings is 1. The summed E-state index contributed by atoms with van der Waals surface area (Å²) in [7, 11) is 5.46. The minimum absolute atomic E-state index is 0.0340. The molecule has 2 aliphatic heterocycles. The molecular weight excluding hydrogens is 546 g/mol. The third-order valence-electron chi connectivity index (χ3n) is 7.59. The molecule has 2 fully saturated rings. The molecule has 206 valence electrons. The van der Waals surface area contributed by atoms with Gasteiger partial charge in [-0.05, 0) is 44.7 Å². The number of amides is 1. The summed E-state index contributed by atoms with van der Waals surface area (Å²) in [5.41, 5.74) is 1.90. The second-order valence-electron chi connectivity index (χ2n) is 9.93. The summed E-state index contributed by atoms with van der Waals surface area (Å²) in [5.74, 6) is 0.235. The maximum Gasteiger partial charge on any atom is 0.296 e. The van der Waals surface area contributed by atoms with Crippen molar-refractivity contribution < 1.29 is 4.79 Å². The van der Waals surface area contributed by atoms with Gasteiger partial charge in [-0.3, -0.25) is 28.5 Å². The molecule has 0 unspecified atom stereocenters. The van der Waals surface area contributed by atoms with E-state index in [1.165, 1.54) is 14.1 Å². The van der Waals surface area contributed by atoms with E-state index in [-0.39, 0.29) is 26.7 Å². The fraction of sp³-hybridized carbons (Fsp3) is 0.321. The van der Waals surface area contributed by atoms with E-state index >= 15 is 0 Å². The molecule has 0 aliphatic carbocycles. The van der Waals surface area contributed by atoms with E-state index < -0.39 is 5.91 Å². The van der Waals surface area contributed by atoms with E-state index in [2.05, 4.69) is 9.80 Å². The fourth-order valence-corrected chi connectivity index (χ4v) is 6.47. The highest BCUT2D eigenvalue weighted by Gasteiger charge is 2.38. The molecule has 0 radical (unpaired) electrons. The molecule has 3 aromatic rings. The Kier molecular flexibility index (Phi) is 7.31. The molecule has 2 aromatic heterocycles. The average Bonchev–Trinajstić information content (AvgIpc) is 3.33. The first-order valence-corrected chi connectivity index (χ1v) is 14.0. The van der Waals surface area contributed by atoms with Crippen LogP contribution >= 0.6 is 24.0 Å². The van der Waals surface area contributed by atoms with Crippen molar-refractivity contribution in [2.75, 3.05) is 43.0 Å². The molecule has 1 amide bonds. The topological polar surface area (TPSA) is 99.5 Å². The molecule has 1 aromatic carbocycles. The second kappa shape index (κ2) is 10.6. The van der Waals surface area contributed by atoms with Gasteiger partial charge in [-0.1, -0.05) is 42.2 Å². The van der Waals surface area contributed by atoms with Gasteiger partial charge in [0.1, 0.15) is 23.1 Å². The number of likely N-dealkylation sites (N-methyl/N-ethyl adjacent to an activating group) is 1. The molecule has 2 aliphatic rings. The monoisotopic (exact) mass is 575 g/mol. The molecule has 0 saturated carbocycles. The van der Waals surface area contributed by atoms with Gasteiger partial charge in [0, 0.05) is 45.8 Å². The molecule has 0 atom stereocenters. The lowest BCUT2D eigenvalue weighted by molar-refractivity contribution is -0.113. The highest BCUT2D eigenvalue weighted by atomic mass is 32.2. The van der Waals surface area contributed by atoms with E-state index in [1.54, 1.807) is 38.7 Å². The lowest BCUT2D eigenvalue weighted by Gasteiger charge is -2.36. The Morgan fingerprint density at radius 3 is 2.25 bits per heavy atom. The highest BCUT2D eigenvalue weighted by molar-refractivity contribution is 8.27. The second-order valence-corrected chi connectivity index (χ2v) is 11.6. The van der Waals surface area contributed by atoms with Crippen LogP contribution in [0.1, 0.15) is 22.4 Å². The number of hydrogen-bond acceptors (Lipinski definition) is 8. The van der Waals surface area contributed by atoms with Crippen LogP contribution in [0.15, 0.2) is 44.8 Å². The first kappa shape index (κ1) is 27.6. The van der Waals surface area contributed by atoms with Gasteiger partial charge >= 0.3 is 0 Å². The van der Waals surface area contributed by atoms with Gasteiger partial charge in [0.2, 0.25) is 0 Å². The van der Waals surface area contributed by atoms with Crippen molar-refractivity contribution in [3.8, 4) is 11.8 Å². The fourth-order valence-electron chi connectivity index (χ4n) is 5.22. The lowest BCUT2D eigenvalue weighted by atomic mass is 10.0. The number of pyridine rings is 1. The zero-order valence-electron chi connectivity index (χ0n) is 23.0. The number of carbonyl (C=O) groups excluding carboxylic acids is 1. The number of rotatable bonds is 4. The van der Waals surface area contributed by atoms with Crippen LogP contribution in [0, 0.1) is 25.2 Å². The number of piperazine rings is 1. The number of aromatic nitrogens is 3. The maximum absolute atomic E-state index is 13.9. The molecular formula is C28H29N7O3S2. The van der Waals surface area contributed by atoms with E-state index in [0.717, 1.165) is 24.9 Å². The minimum atomic E-state index is -0.419. The quantitative estimate of drug-likeness (QED) is 0.346. The number of para-hydroxylation sites is 1. The smallest absolute Gasteiger partial charge is 0.296 e. The van der Waals surface area contributed by atoms with Gasteiger partial charge in [-0.15, -0.1) is 0 Å². The zero-order chi connectivity index (χ0) is 28.9. The Morgan fingerprint density at radius 2 is 1.62 bits per heavy atom. The van der Waals surface area contributed by atoms with Gasteiger partial charge in [0.05, 0.1) is 16.3 Å². The lowest BCUT2D eigenvalue weighted by Crippen LogP contribution is -2.46. The zero-order valence-corrected chi connectivity index (χ0v) is 24.6. The molecule has 40 heavy (non-hydrogen) atoms. The van der Waals surface area contributed by atoms with Gasteiger partial charge in [-0.2, -0.15) is 5.26 Å². The summed E-state index contributed by atoms with van der Waals surface area (Å²) in [6.45, 7) is 6.52. The summed E-state index contributed by atoms with van der Waals surface area (Å²) < 4.78 is 4.95. The van der Waals surface area contributed by atoms with Crippen molar-refractivity contribution in [2.24, 2.45) is 14.1 Å². The SMILES string of the molecule is Cc1c(C=C2SC(=S)N(c3c(C)n(C)n(-c4ccccc4)c3=O)C2=O)c(N2CCN(C)CC2)n(C)c(=O)c1C#N. The number of hydrogen-bond donors (Lipinski definition) is 0. The van der Waals surface area contributed by atoms with Crippen LogP contribution < -0.4 is 20.9 Å². The van der Waals surface area contributed by atoms with E-state index in [1.807, 2.05) is 43.4 Å². The van der Waals surface area contributed by atoms with Crippen molar-refractivity contribution in [1.29, 1.82) is 5.26 Å². The standard InChI is InChI=1S/C28H29N7O3S2/c1-17-20(24(31(4)25(36)21(17)16-29)33-13-11-30(3)12-14-33)15-22-26(37)34(28(39)40-22)23-18(2)32(5)35(27(23)38)19-9-7-6-8-10-19/h6-10,15H,11-14H2,1-5H3. The van der Waals surface area contributed by atoms with E-state index in [4.69, 9.17) is 12.2 Å². The third-order valence-corrected chi connectivity index (χ3v) is 8.89. The Labute approximate surface area is 241 Å². The molecule has 12 heteroatoms. The van der Waals surface area contributed by atoms with Crippen molar-refractivity contribution in [3.05, 3.63) is 78.3 Å². The van der Waals surface area contributed by atoms with Crippen LogP contribution in [-0.4, -0.2) is 62.3 Å². The number of thioether (sulfide) groups is 1. The predicted molar refractivity (Wildman–Crippen MR) is 162 cm³/mol. The van der Waals surface area contributed by atoms with Gasteiger partial charge in [0.15, 0.2) is 4.32 Å². The first-order chi connectivity index (χ1) is 19.1. The third kappa shape index (κ3) is 4.40. The van der Waals surface area contributed by atoms with Crippen LogP contribution in [0.4, 0.5) is 11.5 Å². The molecule has 10 nitrogen and oxygen atoms in total. The molecule has 2 saturated heterocycles. The van der Waals surface area contributed by atoms with Crippen molar-refractivity contribution in [2.45, 2.75) is 13.8 Å². The summed E-state index contributed by atoms with van der Waals surface area (Å²) in [5, 5.41) is 9.77. The Morgan fingerprint density at radius 1 is 0.975 bits per heavy atom. The van der Waals surface area contributed by atoms with Crippen LogP contribution in [-0.2, 0) is 18.9 Å². The van der Waals surface area contributed by atoms with Crippen molar-refractivity contribution in [1.82, 2.24) is 18.8 Å². The minimum Gasteiger partial charge on any atom is -0.355 e. The van der Waals surface area contributed by atoms with E-state index in [9.17, 15) is 19.6 Å². The van der Waals surface area contributed by atoms with Gasteiger partial charge in [0.25, 0.3) is 17.0 Å². The summed E-state index contributed by atoms with van der Waals surface area (Å²) >= 11 is 6.73. The average molecular weight is 576 g/mol. The predicted octanol–water partition coefficient (Wildman–Crippen LogP) is 2.52. The normalized spacial score (nSPS) is 17.2. The summed E-state index contributed by atoms with van der Waals surface area (Å²) in [4.78, 5) is 46.5. The van der Waals surface area contributed by atoms with Crippen LogP contribution in [0.25, 0.3) is 11.8 Å². The van der Waals surface area contributed by atoms with Gasteiger partial charge < -0.3 is 9.80 Å². The van der Waals surface area contributed by atoms with E-state index in [0.29, 0.717) is 46.3 Å². The highest BCUT2D eigenvalue weighted by Crippen LogP contribution is 2.38. The number of carbonyl (C=O) groups is 1. The maximum atomic E-state index is 13.9. The Balaban J connectivity index is 1.63.